The van der Waals surface area contributed by atoms with Crippen LogP contribution in [0.3, 0.4) is 0 Å². The Hall–Kier alpha value is -4.76. The summed E-state index contributed by atoms with van der Waals surface area (Å²) in [4.78, 5) is 46.7. The number of carboxylic acids is 1. The van der Waals surface area contributed by atoms with Gasteiger partial charge in [0.25, 0.3) is 11.8 Å². The molecule has 10 nitrogen and oxygen atoms in total. The number of ether oxygens (including phenoxy) is 1. The van der Waals surface area contributed by atoms with Crippen molar-refractivity contribution in [2.45, 2.75) is 0 Å². The lowest BCUT2D eigenvalue weighted by Crippen LogP contribution is -2.17. The number of thioether (sulfide) groups is 2. The first kappa shape index (κ1) is 31.7. The molecular weight excluding hydrogens is 657 g/mol. The van der Waals surface area contributed by atoms with Crippen LogP contribution >= 0.6 is 48.0 Å². The summed E-state index contributed by atoms with van der Waals surface area (Å²) in [5, 5.41) is 14.1. The maximum Gasteiger partial charge on any atom is 0.337 e. The number of carbonyl (C=O) groups is 4. The van der Waals surface area contributed by atoms with Crippen LogP contribution in [0.15, 0.2) is 91.4 Å². The van der Waals surface area contributed by atoms with E-state index in [4.69, 9.17) is 43.1 Å². The van der Waals surface area contributed by atoms with Gasteiger partial charge in [-0.2, -0.15) is 0 Å². The number of benzene rings is 2. The molecule has 14 heteroatoms. The van der Waals surface area contributed by atoms with Gasteiger partial charge in [0.2, 0.25) is 0 Å². The summed E-state index contributed by atoms with van der Waals surface area (Å²) in [6.45, 7) is 0. The van der Waals surface area contributed by atoms with Gasteiger partial charge in [-0.05, 0) is 48.5 Å². The molecule has 2 amide bonds. The predicted molar refractivity (Wildman–Crippen MR) is 179 cm³/mol. The van der Waals surface area contributed by atoms with Gasteiger partial charge in [-0.25, -0.2) is 9.59 Å². The van der Waals surface area contributed by atoms with E-state index in [1.165, 1.54) is 42.8 Å². The Morgan fingerprint density at radius 3 is 1.64 bits per heavy atom. The van der Waals surface area contributed by atoms with Crippen molar-refractivity contribution in [2.75, 3.05) is 7.11 Å². The summed E-state index contributed by atoms with van der Waals surface area (Å²) in [6.07, 6.45) is 3.23. The molecule has 6 rings (SSSR count). The van der Waals surface area contributed by atoms with Crippen molar-refractivity contribution in [3.05, 3.63) is 105 Å². The van der Waals surface area contributed by atoms with E-state index >= 15 is 0 Å². The van der Waals surface area contributed by atoms with Gasteiger partial charge >= 0.3 is 11.9 Å². The van der Waals surface area contributed by atoms with Crippen molar-refractivity contribution in [1.82, 2.24) is 10.6 Å². The third-order valence-electron chi connectivity index (χ3n) is 6.05. The fraction of sp³-hybridized carbons (Fsp3) is 0.0323. The molecule has 0 bridgehead atoms. The van der Waals surface area contributed by atoms with Crippen LogP contribution in [0.2, 0.25) is 0 Å². The number of esters is 1. The highest BCUT2D eigenvalue weighted by Gasteiger charge is 2.23. The molecule has 4 heterocycles. The molecule has 0 unspecified atom stereocenters. The first-order valence-corrected chi connectivity index (χ1v) is 15.3. The lowest BCUT2D eigenvalue weighted by molar-refractivity contribution is -0.116. The average molecular weight is 677 g/mol. The zero-order valence-electron chi connectivity index (χ0n) is 23.0. The third-order valence-corrected chi connectivity index (χ3v) is 8.37. The van der Waals surface area contributed by atoms with Gasteiger partial charge in [0.1, 0.15) is 31.7 Å². The van der Waals surface area contributed by atoms with E-state index in [2.05, 4.69) is 10.6 Å². The number of aromatic carboxylic acids is 1. The number of furan rings is 2. The van der Waals surface area contributed by atoms with Crippen LogP contribution in [0, 0.1) is 0 Å². The van der Waals surface area contributed by atoms with Gasteiger partial charge in [0.15, 0.2) is 0 Å². The molecule has 2 aromatic heterocycles. The van der Waals surface area contributed by atoms with Crippen molar-refractivity contribution >= 4 is 92.5 Å². The second-order valence-corrected chi connectivity index (χ2v) is 12.5. The molecule has 0 spiro atoms. The quantitative estimate of drug-likeness (QED) is 0.119. The molecule has 45 heavy (non-hydrogen) atoms. The SMILES string of the molecule is COC(=O)c1cccc(-c2ccc(/C=C3\SC(=S)NC3=O)o2)c1.O=C1NC(=S)S/C1=C\c1ccc(-c2cccc(C(=O)O)c2)o1. The Morgan fingerprint density at radius 2 is 1.22 bits per heavy atom. The monoisotopic (exact) mass is 676 g/mol. The van der Waals surface area contributed by atoms with Crippen molar-refractivity contribution in [2.24, 2.45) is 0 Å². The molecule has 3 N–H and O–H groups in total. The average Bonchev–Trinajstić information content (AvgIpc) is 3.82. The topological polar surface area (TPSA) is 148 Å². The van der Waals surface area contributed by atoms with Crippen molar-refractivity contribution in [3.8, 4) is 22.6 Å². The van der Waals surface area contributed by atoms with Crippen LogP contribution in [-0.4, -0.2) is 44.6 Å². The third kappa shape index (κ3) is 7.85. The van der Waals surface area contributed by atoms with Gasteiger partial charge in [0.05, 0.1) is 28.0 Å². The summed E-state index contributed by atoms with van der Waals surface area (Å²) >= 11 is 12.2. The minimum atomic E-state index is -0.997. The zero-order chi connectivity index (χ0) is 32.1. The Labute approximate surface area is 274 Å². The maximum absolute atomic E-state index is 11.6. The molecule has 2 aromatic carbocycles. The van der Waals surface area contributed by atoms with Crippen LogP contribution in [0.25, 0.3) is 34.8 Å². The van der Waals surface area contributed by atoms with Gasteiger partial charge in [0, 0.05) is 23.3 Å². The minimum absolute atomic E-state index is 0.185. The molecule has 226 valence electrons. The molecule has 2 aliphatic heterocycles. The van der Waals surface area contributed by atoms with E-state index in [0.29, 0.717) is 52.6 Å². The number of carbonyl (C=O) groups excluding carboxylic acids is 3. The molecule has 0 radical (unpaired) electrons. The highest BCUT2D eigenvalue weighted by molar-refractivity contribution is 8.27. The van der Waals surface area contributed by atoms with Gasteiger partial charge in [-0.3, -0.25) is 9.59 Å². The highest BCUT2D eigenvalue weighted by Crippen LogP contribution is 2.30. The first-order chi connectivity index (χ1) is 21.6. The molecule has 4 aromatic rings. The van der Waals surface area contributed by atoms with Crippen LogP contribution in [-0.2, 0) is 14.3 Å². The summed E-state index contributed by atoms with van der Waals surface area (Å²) in [6, 6.07) is 20.4. The second-order valence-electron chi connectivity index (χ2n) is 9.07. The van der Waals surface area contributed by atoms with E-state index in [-0.39, 0.29) is 17.4 Å². The summed E-state index contributed by atoms with van der Waals surface area (Å²) in [5.41, 5.74) is 2.03. The number of hydrogen-bond acceptors (Lipinski definition) is 11. The van der Waals surface area contributed by atoms with Crippen molar-refractivity contribution in [1.29, 1.82) is 0 Å². The van der Waals surface area contributed by atoms with Gasteiger partial charge in [-0.15, -0.1) is 0 Å². The van der Waals surface area contributed by atoms with E-state index in [9.17, 15) is 19.2 Å². The van der Waals surface area contributed by atoms with Crippen molar-refractivity contribution in [3.63, 3.8) is 0 Å². The Balaban J connectivity index is 0.000000178. The molecule has 2 fully saturated rings. The lowest BCUT2D eigenvalue weighted by Gasteiger charge is -2.01. The summed E-state index contributed by atoms with van der Waals surface area (Å²) in [7, 11) is 1.33. The predicted octanol–water partition coefficient (Wildman–Crippen LogP) is 6.36. The summed E-state index contributed by atoms with van der Waals surface area (Å²) < 4.78 is 16.9. The number of rotatable bonds is 6. The number of amides is 2. The maximum atomic E-state index is 11.6. The molecule has 0 atom stereocenters. The molecule has 2 saturated heterocycles. The van der Waals surface area contributed by atoms with E-state index in [1.54, 1.807) is 66.7 Å². The Kier molecular flexibility index (Phi) is 9.78. The first-order valence-electron chi connectivity index (χ1n) is 12.8. The van der Waals surface area contributed by atoms with Crippen LogP contribution < -0.4 is 10.6 Å². The summed E-state index contributed by atoms with van der Waals surface area (Å²) in [5.74, 6) is 0.265. The van der Waals surface area contributed by atoms with Gasteiger partial charge < -0.3 is 29.3 Å². The highest BCUT2D eigenvalue weighted by atomic mass is 32.2. The van der Waals surface area contributed by atoms with E-state index in [0.717, 1.165) is 5.56 Å². The number of nitrogens with one attached hydrogen (secondary N) is 2. The number of thiocarbonyl (C=S) groups is 2. The standard InChI is InChI=1S/C16H11NO4S2.C15H9NO4S2/c1-20-15(19)10-4-2-3-9(7-10)12-6-5-11(21-12)8-13-14(18)17-16(22)23-13;17-13-12(22-15(21)16-13)7-10-4-5-11(20-10)8-2-1-3-9(6-8)14(18)19/h2-8H,1H3,(H,17,18,22);1-7H,(H,18,19)(H,16,17,21)/b13-8-;12-7-. The number of methoxy groups -OCH3 is 1. The van der Waals surface area contributed by atoms with Crippen LogP contribution in [0.4, 0.5) is 0 Å². The number of carboxylic acid groups (broad SMARTS) is 1. The smallest absolute Gasteiger partial charge is 0.337 e. The largest absolute Gasteiger partial charge is 0.478 e. The Morgan fingerprint density at radius 1 is 0.756 bits per heavy atom. The van der Waals surface area contributed by atoms with E-state index in [1.807, 2.05) is 6.07 Å². The Bertz CT molecular complexity index is 1940. The lowest BCUT2D eigenvalue weighted by atomic mass is 10.1. The second kappa shape index (κ2) is 13.9. The van der Waals surface area contributed by atoms with Crippen LogP contribution in [0.1, 0.15) is 32.2 Å². The molecular formula is C31H20N2O8S4. The van der Waals surface area contributed by atoms with Crippen molar-refractivity contribution < 1.29 is 37.9 Å². The minimum Gasteiger partial charge on any atom is -0.478 e. The number of hydrogen-bond donors (Lipinski definition) is 3. The van der Waals surface area contributed by atoms with E-state index < -0.39 is 11.9 Å². The fourth-order valence-corrected chi connectivity index (χ4v) is 6.04. The zero-order valence-corrected chi connectivity index (χ0v) is 26.3. The molecule has 2 aliphatic rings. The normalized spacial score (nSPS) is 15.9. The van der Waals surface area contributed by atoms with Crippen LogP contribution in [0.5, 0.6) is 0 Å². The fourth-order valence-electron chi connectivity index (χ4n) is 3.99. The van der Waals surface area contributed by atoms with Gasteiger partial charge in [-0.1, -0.05) is 72.2 Å². The molecule has 0 saturated carbocycles. The molecule has 0 aliphatic carbocycles.